The van der Waals surface area contributed by atoms with E-state index in [0.29, 0.717) is 4.90 Å². The zero-order valence-corrected chi connectivity index (χ0v) is 15.3. The summed E-state index contributed by atoms with van der Waals surface area (Å²) in [5.41, 5.74) is -0.985. The van der Waals surface area contributed by atoms with Crippen LogP contribution in [0.25, 0.3) is 28.3 Å². The minimum Gasteiger partial charge on any atom is -0.206 e. The fourth-order valence-electron chi connectivity index (χ4n) is 2.73. The Hall–Kier alpha value is -2.74. The molecule has 0 aliphatic rings. The Labute approximate surface area is 166 Å². The highest BCUT2D eigenvalue weighted by molar-refractivity contribution is 7.80. The number of rotatable bonds is 3. The van der Waals surface area contributed by atoms with E-state index in [2.05, 4.69) is 12.6 Å². The van der Waals surface area contributed by atoms with Gasteiger partial charge in [0, 0.05) is 27.7 Å². The molecule has 0 nitrogen and oxygen atoms in total. The largest absolute Gasteiger partial charge is 0.409 e. The summed E-state index contributed by atoms with van der Waals surface area (Å²) in [4.78, 5) is 0.383. The zero-order chi connectivity index (χ0) is 21.3. The summed E-state index contributed by atoms with van der Waals surface area (Å²) in [6, 6.07) is 9.11. The van der Waals surface area contributed by atoms with Crippen LogP contribution in [0.3, 0.4) is 0 Å². The first-order valence-electron chi connectivity index (χ1n) is 8.09. The molecule has 0 aromatic heterocycles. The quantitative estimate of drug-likeness (QED) is 0.325. The summed E-state index contributed by atoms with van der Waals surface area (Å²) < 4.78 is 93.5. The lowest BCUT2D eigenvalue weighted by molar-refractivity contribution is -0.0790. The molecule has 150 valence electrons. The second-order valence-electron chi connectivity index (χ2n) is 6.09. The lowest BCUT2D eigenvalue weighted by Gasteiger charge is -2.10. The van der Waals surface area contributed by atoms with Gasteiger partial charge in [0.25, 0.3) is 0 Å². The van der Waals surface area contributed by atoms with Gasteiger partial charge in [-0.2, -0.15) is 13.2 Å². The fourth-order valence-corrected chi connectivity index (χ4v) is 2.92. The summed E-state index contributed by atoms with van der Waals surface area (Å²) in [7, 11) is 0. The molecule has 0 aliphatic heterocycles. The van der Waals surface area contributed by atoms with E-state index in [1.165, 1.54) is 24.3 Å². The molecule has 8 heteroatoms. The first kappa shape index (κ1) is 21.0. The third-order valence-electron chi connectivity index (χ3n) is 4.06. The number of alkyl halides is 3. The fraction of sp³-hybridized carbons (Fsp3) is 0.0476. The second kappa shape index (κ2) is 7.94. The number of thiol groups is 1. The Kier molecular flexibility index (Phi) is 5.75. The van der Waals surface area contributed by atoms with Crippen LogP contribution in [-0.4, -0.2) is 6.18 Å². The molecule has 0 amide bonds. The van der Waals surface area contributed by atoms with Crippen LogP contribution in [0.5, 0.6) is 0 Å². The average Bonchev–Trinajstić information content (AvgIpc) is 2.59. The molecule has 0 aliphatic carbocycles. The third-order valence-corrected chi connectivity index (χ3v) is 4.34. The van der Waals surface area contributed by atoms with Crippen LogP contribution in [0.2, 0.25) is 0 Å². The predicted molar refractivity (Wildman–Crippen MR) is 99.5 cm³/mol. The maximum atomic E-state index is 14.6. The van der Waals surface area contributed by atoms with Crippen LogP contribution < -0.4 is 0 Å². The first-order chi connectivity index (χ1) is 13.5. The van der Waals surface area contributed by atoms with Gasteiger partial charge in [-0.05, 0) is 47.5 Å². The maximum Gasteiger partial charge on any atom is 0.409 e. The number of allylic oxidation sites excluding steroid dienone is 1. The van der Waals surface area contributed by atoms with Gasteiger partial charge in [-0.25, -0.2) is 17.6 Å². The van der Waals surface area contributed by atoms with Gasteiger partial charge in [0.05, 0.1) is 0 Å². The minimum absolute atomic E-state index is 0.109. The number of hydrogen-bond acceptors (Lipinski definition) is 1. The molecule has 0 heterocycles. The molecular formula is C21H11F7S. The molecule has 3 rings (SSSR count). The number of halogens is 7. The van der Waals surface area contributed by atoms with E-state index >= 15 is 0 Å². The van der Waals surface area contributed by atoms with Crippen molar-refractivity contribution in [2.24, 2.45) is 0 Å². The molecule has 0 fully saturated rings. The molecule has 0 saturated carbocycles. The van der Waals surface area contributed by atoms with Gasteiger partial charge in [0.1, 0.15) is 23.3 Å². The van der Waals surface area contributed by atoms with Crippen molar-refractivity contribution in [2.75, 3.05) is 0 Å². The minimum atomic E-state index is -4.74. The van der Waals surface area contributed by atoms with Crippen LogP contribution >= 0.6 is 12.6 Å². The molecule has 0 bridgehead atoms. The van der Waals surface area contributed by atoms with Gasteiger partial charge in [-0.15, -0.1) is 12.6 Å². The second-order valence-corrected chi connectivity index (χ2v) is 6.60. The molecule has 0 radical (unpaired) electrons. The third kappa shape index (κ3) is 4.82. The molecule has 0 atom stereocenters. The number of hydrogen-bond donors (Lipinski definition) is 1. The van der Waals surface area contributed by atoms with E-state index < -0.39 is 35.0 Å². The zero-order valence-electron chi connectivity index (χ0n) is 14.4. The lowest BCUT2D eigenvalue weighted by Crippen LogP contribution is -2.01. The van der Waals surface area contributed by atoms with Crippen LogP contribution in [0.4, 0.5) is 30.7 Å². The van der Waals surface area contributed by atoms with E-state index in [0.717, 1.165) is 24.3 Å². The van der Waals surface area contributed by atoms with E-state index in [9.17, 15) is 30.7 Å². The highest BCUT2D eigenvalue weighted by Gasteiger charge is 2.23. The van der Waals surface area contributed by atoms with E-state index in [-0.39, 0.29) is 34.4 Å². The van der Waals surface area contributed by atoms with Crippen molar-refractivity contribution in [3.05, 3.63) is 83.4 Å². The monoisotopic (exact) mass is 428 g/mol. The van der Waals surface area contributed by atoms with Crippen LogP contribution in [-0.2, 0) is 0 Å². The average molecular weight is 428 g/mol. The van der Waals surface area contributed by atoms with Gasteiger partial charge >= 0.3 is 6.18 Å². The van der Waals surface area contributed by atoms with Gasteiger partial charge in [-0.1, -0.05) is 18.2 Å². The van der Waals surface area contributed by atoms with Gasteiger partial charge in [0.2, 0.25) is 0 Å². The van der Waals surface area contributed by atoms with E-state index in [1.807, 2.05) is 0 Å². The van der Waals surface area contributed by atoms with Crippen LogP contribution in [0.15, 0.2) is 59.5 Å². The van der Waals surface area contributed by atoms with Gasteiger partial charge in [-0.3, -0.25) is 0 Å². The SMILES string of the molecule is Fc1cc(S)ccc1-c1ccc(-c2cc(F)c(/C=C/C(F)(F)F)c(F)c2)c(F)c1. The standard InChI is InChI=1S/C21H11F7S/c22-17-7-11(14-4-2-13(29)10-20(14)25)1-3-15(17)12-8-18(23)16(19(24)9-12)5-6-21(26,27)28/h1-10,29H/b6-5+. The Balaban J connectivity index is 2.00. The molecule has 3 aromatic carbocycles. The van der Waals surface area contributed by atoms with Crippen molar-refractivity contribution in [1.29, 1.82) is 0 Å². The van der Waals surface area contributed by atoms with Crippen molar-refractivity contribution in [3.63, 3.8) is 0 Å². The van der Waals surface area contributed by atoms with Crippen molar-refractivity contribution in [1.82, 2.24) is 0 Å². The summed E-state index contributed by atoms with van der Waals surface area (Å²) in [5.74, 6) is -4.06. The Bertz CT molecular complexity index is 1080. The van der Waals surface area contributed by atoms with Crippen LogP contribution in [0.1, 0.15) is 5.56 Å². The highest BCUT2D eigenvalue weighted by atomic mass is 32.1. The Morgan fingerprint density at radius 1 is 0.655 bits per heavy atom. The molecule has 29 heavy (non-hydrogen) atoms. The van der Waals surface area contributed by atoms with Gasteiger partial charge in [0.15, 0.2) is 0 Å². The first-order valence-corrected chi connectivity index (χ1v) is 8.54. The van der Waals surface area contributed by atoms with Crippen LogP contribution in [0, 0.1) is 23.3 Å². The van der Waals surface area contributed by atoms with Crippen molar-refractivity contribution in [3.8, 4) is 22.3 Å². The van der Waals surface area contributed by atoms with E-state index in [1.54, 1.807) is 0 Å². The molecule has 0 N–H and O–H groups in total. The molecule has 0 unspecified atom stereocenters. The summed E-state index contributed by atoms with van der Waals surface area (Å²) in [5, 5.41) is 0. The maximum absolute atomic E-state index is 14.6. The van der Waals surface area contributed by atoms with Crippen molar-refractivity contribution in [2.45, 2.75) is 11.1 Å². The summed E-state index contributed by atoms with van der Waals surface area (Å²) in [6.45, 7) is 0. The normalized spacial score (nSPS) is 12.0. The molecular weight excluding hydrogens is 417 g/mol. The van der Waals surface area contributed by atoms with Crippen molar-refractivity contribution < 1.29 is 30.7 Å². The summed E-state index contributed by atoms with van der Waals surface area (Å²) in [6.07, 6.45) is -4.77. The van der Waals surface area contributed by atoms with E-state index in [4.69, 9.17) is 0 Å². The topological polar surface area (TPSA) is 0 Å². The molecule has 0 saturated heterocycles. The Morgan fingerprint density at radius 3 is 1.72 bits per heavy atom. The van der Waals surface area contributed by atoms with Crippen molar-refractivity contribution >= 4 is 18.7 Å². The predicted octanol–water partition coefficient (Wildman–Crippen LogP) is 7.44. The number of benzene rings is 3. The molecule has 3 aromatic rings. The highest BCUT2D eigenvalue weighted by Crippen LogP contribution is 2.32. The summed E-state index contributed by atoms with van der Waals surface area (Å²) >= 11 is 4.00. The van der Waals surface area contributed by atoms with Gasteiger partial charge < -0.3 is 0 Å². The lowest BCUT2D eigenvalue weighted by atomic mass is 9.98. The smallest absolute Gasteiger partial charge is 0.206 e. The molecule has 0 spiro atoms. The Morgan fingerprint density at radius 2 is 1.17 bits per heavy atom.